The number of thioether (sulfide) groups is 1. The van der Waals surface area contributed by atoms with E-state index in [9.17, 15) is 4.79 Å². The van der Waals surface area contributed by atoms with Gasteiger partial charge in [-0.2, -0.15) is 0 Å². The van der Waals surface area contributed by atoms with E-state index < -0.39 is 0 Å². The topological polar surface area (TPSA) is 54.9 Å². The summed E-state index contributed by atoms with van der Waals surface area (Å²) in [5.41, 5.74) is 4.63. The number of nitrogens with zero attached hydrogens (tertiary/aromatic N) is 2. The number of anilines is 1. The molecule has 7 heteroatoms. The van der Waals surface area contributed by atoms with Gasteiger partial charge in [0.15, 0.2) is 0 Å². The number of benzene rings is 2. The maximum Gasteiger partial charge on any atom is 0.239 e. The standard InChI is InChI=1S/C20H20ClN3OS2/c1-11-9-12(2)17(13(3)10-11)19-23-24-20(27-19)22-18(25)14(4)26-16-7-5-15(21)6-8-16/h5-10,14H,1-4H3,(H,22,24,25). The molecule has 1 atom stereocenters. The van der Waals surface area contributed by atoms with Gasteiger partial charge in [-0.25, -0.2) is 0 Å². The molecule has 4 nitrogen and oxygen atoms in total. The number of aryl methyl sites for hydroxylation is 3. The lowest BCUT2D eigenvalue weighted by Crippen LogP contribution is -2.22. The van der Waals surface area contributed by atoms with E-state index in [1.165, 1.54) is 28.7 Å². The summed E-state index contributed by atoms with van der Waals surface area (Å²) in [6, 6.07) is 11.7. The van der Waals surface area contributed by atoms with Crippen molar-refractivity contribution in [2.75, 3.05) is 5.32 Å². The van der Waals surface area contributed by atoms with Gasteiger partial charge >= 0.3 is 0 Å². The summed E-state index contributed by atoms with van der Waals surface area (Å²) in [6.07, 6.45) is 0. The minimum Gasteiger partial charge on any atom is -0.300 e. The number of nitrogens with one attached hydrogen (secondary N) is 1. The minimum absolute atomic E-state index is 0.102. The Kier molecular flexibility index (Phi) is 6.19. The molecule has 1 N–H and O–H groups in total. The van der Waals surface area contributed by atoms with Crippen molar-refractivity contribution in [3.63, 3.8) is 0 Å². The van der Waals surface area contributed by atoms with Crippen LogP contribution in [0.2, 0.25) is 5.02 Å². The van der Waals surface area contributed by atoms with Crippen molar-refractivity contribution in [2.45, 2.75) is 37.8 Å². The van der Waals surface area contributed by atoms with Gasteiger partial charge in [-0.1, -0.05) is 40.6 Å². The van der Waals surface area contributed by atoms with Crippen molar-refractivity contribution >= 4 is 45.7 Å². The predicted octanol–water partition coefficient (Wildman–Crippen LogP) is 5.90. The van der Waals surface area contributed by atoms with Crippen molar-refractivity contribution in [3.05, 3.63) is 58.1 Å². The first kappa shape index (κ1) is 19.9. The Morgan fingerprint density at radius 2 is 1.74 bits per heavy atom. The van der Waals surface area contributed by atoms with Crippen LogP contribution < -0.4 is 5.32 Å². The van der Waals surface area contributed by atoms with E-state index in [1.807, 2.05) is 31.2 Å². The first-order valence-electron chi connectivity index (χ1n) is 8.48. The molecule has 0 aliphatic carbocycles. The van der Waals surface area contributed by atoms with Crippen molar-refractivity contribution in [3.8, 4) is 10.6 Å². The fraction of sp³-hybridized carbons (Fsp3) is 0.250. The third-order valence-corrected chi connectivity index (χ3v) is 6.26. The Hall–Kier alpha value is -1.89. The van der Waals surface area contributed by atoms with Crippen LogP contribution in [-0.4, -0.2) is 21.4 Å². The summed E-state index contributed by atoms with van der Waals surface area (Å²) in [5, 5.41) is 13.0. The molecule has 1 amide bonds. The molecule has 1 heterocycles. The molecule has 0 fully saturated rings. The molecule has 27 heavy (non-hydrogen) atoms. The molecule has 2 aromatic carbocycles. The lowest BCUT2D eigenvalue weighted by molar-refractivity contribution is -0.115. The molecule has 0 bridgehead atoms. The summed E-state index contributed by atoms with van der Waals surface area (Å²) in [6.45, 7) is 8.08. The maximum atomic E-state index is 12.5. The van der Waals surface area contributed by atoms with E-state index in [1.54, 1.807) is 0 Å². The van der Waals surface area contributed by atoms with Crippen LogP contribution in [-0.2, 0) is 4.79 Å². The molecule has 0 saturated carbocycles. The molecule has 1 unspecified atom stereocenters. The number of hydrogen-bond acceptors (Lipinski definition) is 5. The van der Waals surface area contributed by atoms with Crippen molar-refractivity contribution in [2.24, 2.45) is 0 Å². The normalized spacial score (nSPS) is 12.0. The van der Waals surface area contributed by atoms with E-state index in [0.717, 1.165) is 26.6 Å². The number of halogens is 1. The van der Waals surface area contributed by atoms with Crippen LogP contribution in [0.1, 0.15) is 23.6 Å². The van der Waals surface area contributed by atoms with Crippen LogP contribution in [0.5, 0.6) is 0 Å². The van der Waals surface area contributed by atoms with Gasteiger partial charge in [0.2, 0.25) is 11.0 Å². The van der Waals surface area contributed by atoms with Crippen LogP contribution >= 0.6 is 34.7 Å². The monoisotopic (exact) mass is 417 g/mol. The first-order chi connectivity index (χ1) is 12.8. The highest BCUT2D eigenvalue weighted by Gasteiger charge is 2.18. The summed E-state index contributed by atoms with van der Waals surface area (Å²) in [7, 11) is 0. The Balaban J connectivity index is 1.70. The van der Waals surface area contributed by atoms with Gasteiger partial charge in [0, 0.05) is 15.5 Å². The Morgan fingerprint density at radius 1 is 1.11 bits per heavy atom. The van der Waals surface area contributed by atoms with Gasteiger partial charge in [0.25, 0.3) is 0 Å². The molecule has 0 aliphatic rings. The number of carbonyl (C=O) groups is 1. The number of amides is 1. The molecule has 0 saturated heterocycles. The second kappa shape index (κ2) is 8.42. The van der Waals surface area contributed by atoms with E-state index in [2.05, 4.69) is 48.4 Å². The average molecular weight is 418 g/mol. The smallest absolute Gasteiger partial charge is 0.239 e. The summed E-state index contributed by atoms with van der Waals surface area (Å²) >= 11 is 8.77. The fourth-order valence-electron chi connectivity index (χ4n) is 2.87. The lowest BCUT2D eigenvalue weighted by atomic mass is 10.0. The van der Waals surface area contributed by atoms with Gasteiger partial charge in [-0.15, -0.1) is 22.0 Å². The van der Waals surface area contributed by atoms with Crippen molar-refractivity contribution in [1.82, 2.24) is 10.2 Å². The van der Waals surface area contributed by atoms with E-state index in [0.29, 0.717) is 10.2 Å². The third-order valence-electron chi connectivity index (χ3n) is 4.04. The predicted molar refractivity (Wildman–Crippen MR) is 115 cm³/mol. The molecule has 0 aliphatic heterocycles. The van der Waals surface area contributed by atoms with Crippen molar-refractivity contribution in [1.29, 1.82) is 0 Å². The fourth-order valence-corrected chi connectivity index (χ4v) is 4.79. The number of aromatic nitrogens is 2. The summed E-state index contributed by atoms with van der Waals surface area (Å²) < 4.78 is 0. The largest absolute Gasteiger partial charge is 0.300 e. The van der Waals surface area contributed by atoms with Gasteiger partial charge < -0.3 is 0 Å². The molecule has 0 spiro atoms. The average Bonchev–Trinajstić information content (AvgIpc) is 3.04. The third kappa shape index (κ3) is 4.89. The number of hydrogen-bond donors (Lipinski definition) is 1. The van der Waals surface area contributed by atoms with E-state index >= 15 is 0 Å². The van der Waals surface area contributed by atoms with Crippen LogP contribution in [0.4, 0.5) is 5.13 Å². The molecule has 3 aromatic rings. The summed E-state index contributed by atoms with van der Waals surface area (Å²) in [4.78, 5) is 13.5. The van der Waals surface area contributed by atoms with E-state index in [-0.39, 0.29) is 11.2 Å². The highest BCUT2D eigenvalue weighted by Crippen LogP contribution is 2.33. The van der Waals surface area contributed by atoms with Crippen molar-refractivity contribution < 1.29 is 4.79 Å². The Labute approximate surface area is 172 Å². The van der Waals surface area contributed by atoms with Gasteiger partial charge in [0.1, 0.15) is 5.01 Å². The second-order valence-corrected chi connectivity index (χ2v) is 9.22. The van der Waals surface area contributed by atoms with Crippen LogP contribution in [0, 0.1) is 20.8 Å². The quantitative estimate of drug-likeness (QED) is 0.525. The molecule has 0 radical (unpaired) electrons. The lowest BCUT2D eigenvalue weighted by Gasteiger charge is -2.10. The first-order valence-corrected chi connectivity index (χ1v) is 10.6. The number of carbonyl (C=O) groups excluding carboxylic acids is 1. The second-order valence-electron chi connectivity index (χ2n) is 6.39. The van der Waals surface area contributed by atoms with Gasteiger partial charge in [-0.05, 0) is 63.1 Å². The zero-order valence-corrected chi connectivity index (χ0v) is 17.9. The van der Waals surface area contributed by atoms with E-state index in [4.69, 9.17) is 11.6 Å². The SMILES string of the molecule is Cc1cc(C)c(-c2nnc(NC(=O)C(C)Sc3ccc(Cl)cc3)s2)c(C)c1. The highest BCUT2D eigenvalue weighted by atomic mass is 35.5. The Bertz CT molecular complexity index is 947. The van der Waals surface area contributed by atoms with Crippen LogP contribution in [0.15, 0.2) is 41.3 Å². The Morgan fingerprint density at radius 3 is 2.37 bits per heavy atom. The van der Waals surface area contributed by atoms with Crippen LogP contribution in [0.25, 0.3) is 10.6 Å². The zero-order chi connectivity index (χ0) is 19.6. The molecular formula is C20H20ClN3OS2. The maximum absolute atomic E-state index is 12.5. The van der Waals surface area contributed by atoms with Gasteiger partial charge in [-0.3, -0.25) is 10.1 Å². The zero-order valence-electron chi connectivity index (χ0n) is 15.5. The molecule has 1 aromatic heterocycles. The highest BCUT2D eigenvalue weighted by molar-refractivity contribution is 8.00. The number of rotatable bonds is 5. The molecule has 140 valence electrons. The van der Waals surface area contributed by atoms with Gasteiger partial charge in [0.05, 0.1) is 5.25 Å². The molecule has 3 rings (SSSR count). The van der Waals surface area contributed by atoms with Crippen LogP contribution in [0.3, 0.4) is 0 Å². The molecular weight excluding hydrogens is 398 g/mol. The summed E-state index contributed by atoms with van der Waals surface area (Å²) in [5.74, 6) is -0.102. The minimum atomic E-state index is -0.263.